The van der Waals surface area contributed by atoms with E-state index in [1.54, 1.807) is 0 Å². The molecule has 0 bridgehead atoms. The Morgan fingerprint density at radius 3 is 2.81 bits per heavy atom. The van der Waals surface area contributed by atoms with Gasteiger partial charge in [0.05, 0.1) is 12.2 Å². The Balaban J connectivity index is 2.52. The zero-order valence-electron chi connectivity index (χ0n) is 9.00. The van der Waals surface area contributed by atoms with E-state index in [1.807, 2.05) is 0 Å². The Morgan fingerprint density at radius 2 is 2.19 bits per heavy atom. The molecule has 0 amide bonds. The van der Waals surface area contributed by atoms with E-state index in [0.717, 1.165) is 0 Å². The molecule has 90 valence electrons. The van der Waals surface area contributed by atoms with Crippen LogP contribution in [0.25, 0.3) is 0 Å². The summed E-state index contributed by atoms with van der Waals surface area (Å²) in [4.78, 5) is 0. The van der Waals surface area contributed by atoms with Gasteiger partial charge in [0.25, 0.3) is 0 Å². The maximum atomic E-state index is 13.3. The second-order valence-corrected chi connectivity index (χ2v) is 4.43. The fourth-order valence-electron chi connectivity index (χ4n) is 1.20. The van der Waals surface area contributed by atoms with Crippen LogP contribution in [0.5, 0.6) is 0 Å². The molecule has 1 rings (SSSR count). The molecule has 0 saturated heterocycles. The Kier molecular flexibility index (Phi) is 4.68. The van der Waals surface area contributed by atoms with E-state index in [2.05, 4.69) is 5.32 Å². The lowest BCUT2D eigenvalue weighted by Crippen LogP contribution is -2.40. The highest BCUT2D eigenvalue weighted by molar-refractivity contribution is 6.30. The first-order valence-electron chi connectivity index (χ1n) is 4.92. The normalized spacial score (nSPS) is 14.8. The van der Waals surface area contributed by atoms with Crippen LogP contribution in [0.15, 0.2) is 18.2 Å². The predicted octanol–water partition coefficient (Wildman–Crippen LogP) is 1.31. The standard InChI is InChI=1S/C11H15ClFNO2/c1-11(16,7-15)6-14-5-8-4-9(12)2-3-10(8)13/h2-4,14-16H,5-7H2,1H3. The van der Waals surface area contributed by atoms with E-state index in [9.17, 15) is 9.50 Å². The number of aliphatic hydroxyl groups excluding tert-OH is 1. The number of nitrogens with one attached hydrogen (secondary N) is 1. The number of halogens is 2. The highest BCUT2D eigenvalue weighted by Crippen LogP contribution is 2.14. The summed E-state index contributed by atoms with van der Waals surface area (Å²) in [6.45, 7) is 1.57. The second-order valence-electron chi connectivity index (χ2n) is 3.99. The fourth-order valence-corrected chi connectivity index (χ4v) is 1.40. The average molecular weight is 248 g/mol. The summed E-state index contributed by atoms with van der Waals surface area (Å²) in [6.07, 6.45) is 0. The van der Waals surface area contributed by atoms with Crippen molar-refractivity contribution in [3.63, 3.8) is 0 Å². The largest absolute Gasteiger partial charge is 0.393 e. The van der Waals surface area contributed by atoms with Crippen LogP contribution in [0, 0.1) is 5.82 Å². The number of benzene rings is 1. The first-order valence-corrected chi connectivity index (χ1v) is 5.30. The van der Waals surface area contributed by atoms with Gasteiger partial charge in [0.2, 0.25) is 0 Å². The summed E-state index contributed by atoms with van der Waals surface area (Å²) in [6, 6.07) is 4.30. The summed E-state index contributed by atoms with van der Waals surface area (Å²) in [7, 11) is 0. The first-order chi connectivity index (χ1) is 7.44. The summed E-state index contributed by atoms with van der Waals surface area (Å²) in [5.41, 5.74) is -0.768. The maximum absolute atomic E-state index is 13.3. The van der Waals surface area contributed by atoms with Crippen molar-refractivity contribution in [1.82, 2.24) is 5.32 Å². The number of aliphatic hydroxyl groups is 2. The molecule has 0 aromatic heterocycles. The van der Waals surface area contributed by atoms with Crippen molar-refractivity contribution in [1.29, 1.82) is 0 Å². The van der Waals surface area contributed by atoms with Gasteiger partial charge in [-0.1, -0.05) is 11.6 Å². The molecule has 0 fully saturated rings. The Morgan fingerprint density at radius 1 is 1.50 bits per heavy atom. The third-order valence-electron chi connectivity index (χ3n) is 2.17. The van der Waals surface area contributed by atoms with Crippen molar-refractivity contribution in [2.75, 3.05) is 13.2 Å². The van der Waals surface area contributed by atoms with Crippen LogP contribution in [-0.4, -0.2) is 29.0 Å². The van der Waals surface area contributed by atoms with Gasteiger partial charge in [-0.05, 0) is 25.1 Å². The van der Waals surface area contributed by atoms with Crippen molar-refractivity contribution in [3.05, 3.63) is 34.6 Å². The number of rotatable bonds is 5. The van der Waals surface area contributed by atoms with Crippen LogP contribution in [0.1, 0.15) is 12.5 Å². The van der Waals surface area contributed by atoms with E-state index < -0.39 is 5.60 Å². The molecule has 0 heterocycles. The van der Waals surface area contributed by atoms with Gasteiger partial charge in [-0.3, -0.25) is 0 Å². The van der Waals surface area contributed by atoms with Gasteiger partial charge in [0.1, 0.15) is 5.82 Å². The van der Waals surface area contributed by atoms with Crippen molar-refractivity contribution < 1.29 is 14.6 Å². The molecule has 1 unspecified atom stereocenters. The summed E-state index contributed by atoms with van der Waals surface area (Å²) >= 11 is 5.73. The molecule has 3 nitrogen and oxygen atoms in total. The second kappa shape index (κ2) is 5.59. The lowest BCUT2D eigenvalue weighted by atomic mass is 10.1. The fraction of sp³-hybridized carbons (Fsp3) is 0.455. The van der Waals surface area contributed by atoms with Crippen LogP contribution in [0.2, 0.25) is 5.02 Å². The van der Waals surface area contributed by atoms with Gasteiger partial charge < -0.3 is 15.5 Å². The molecule has 0 saturated carbocycles. The highest BCUT2D eigenvalue weighted by atomic mass is 35.5. The van der Waals surface area contributed by atoms with Gasteiger partial charge in [-0.2, -0.15) is 0 Å². The Labute approximate surface area is 98.9 Å². The van der Waals surface area contributed by atoms with Crippen LogP contribution in [0.4, 0.5) is 4.39 Å². The first kappa shape index (κ1) is 13.4. The summed E-state index contributed by atoms with van der Waals surface area (Å²) in [5.74, 6) is -0.347. The molecule has 0 aliphatic carbocycles. The molecule has 0 aliphatic rings. The van der Waals surface area contributed by atoms with Gasteiger partial charge in [0.15, 0.2) is 0 Å². The molecule has 1 atom stereocenters. The highest BCUT2D eigenvalue weighted by Gasteiger charge is 2.18. The monoisotopic (exact) mass is 247 g/mol. The van der Waals surface area contributed by atoms with Crippen molar-refractivity contribution in [3.8, 4) is 0 Å². The molecule has 3 N–H and O–H groups in total. The minimum Gasteiger partial charge on any atom is -0.393 e. The van der Waals surface area contributed by atoms with Crippen molar-refractivity contribution in [2.45, 2.75) is 19.1 Å². The molecule has 5 heteroatoms. The summed E-state index contributed by atoms with van der Waals surface area (Å²) in [5, 5.41) is 21.6. The maximum Gasteiger partial charge on any atom is 0.127 e. The van der Waals surface area contributed by atoms with E-state index in [1.165, 1.54) is 25.1 Å². The van der Waals surface area contributed by atoms with Gasteiger partial charge in [-0.15, -0.1) is 0 Å². The van der Waals surface area contributed by atoms with E-state index in [4.69, 9.17) is 16.7 Å². The SMILES string of the molecule is CC(O)(CO)CNCc1cc(Cl)ccc1F. The van der Waals surface area contributed by atoms with E-state index in [0.29, 0.717) is 10.6 Å². The molecule has 0 spiro atoms. The van der Waals surface area contributed by atoms with E-state index >= 15 is 0 Å². The van der Waals surface area contributed by atoms with Gasteiger partial charge in [0, 0.05) is 23.7 Å². The average Bonchev–Trinajstić information content (AvgIpc) is 2.23. The number of hydrogen-bond acceptors (Lipinski definition) is 3. The molecule has 0 radical (unpaired) electrons. The topological polar surface area (TPSA) is 52.5 Å². The van der Waals surface area contributed by atoms with Crippen LogP contribution in [0.3, 0.4) is 0 Å². The Hall–Kier alpha value is -0.680. The van der Waals surface area contributed by atoms with Crippen LogP contribution >= 0.6 is 11.6 Å². The minimum absolute atomic E-state index is 0.176. The molecule has 16 heavy (non-hydrogen) atoms. The molecular weight excluding hydrogens is 233 g/mol. The third-order valence-corrected chi connectivity index (χ3v) is 2.40. The van der Waals surface area contributed by atoms with Gasteiger partial charge in [-0.25, -0.2) is 4.39 Å². The predicted molar refractivity (Wildman–Crippen MR) is 60.8 cm³/mol. The van der Waals surface area contributed by atoms with Crippen molar-refractivity contribution in [2.24, 2.45) is 0 Å². The molecule has 1 aromatic carbocycles. The molecule has 0 aliphatic heterocycles. The van der Waals surface area contributed by atoms with Crippen LogP contribution < -0.4 is 5.32 Å². The summed E-state index contributed by atoms with van der Waals surface area (Å²) < 4.78 is 13.3. The smallest absolute Gasteiger partial charge is 0.127 e. The number of hydrogen-bond donors (Lipinski definition) is 3. The quantitative estimate of drug-likeness (QED) is 0.736. The van der Waals surface area contributed by atoms with Crippen molar-refractivity contribution >= 4 is 11.6 Å². The lowest BCUT2D eigenvalue weighted by Gasteiger charge is -2.20. The molecular formula is C11H15ClFNO2. The third kappa shape index (κ3) is 4.06. The zero-order valence-corrected chi connectivity index (χ0v) is 9.76. The van der Waals surface area contributed by atoms with E-state index in [-0.39, 0.29) is 25.5 Å². The zero-order chi connectivity index (χ0) is 12.2. The van der Waals surface area contributed by atoms with Crippen LogP contribution in [-0.2, 0) is 6.54 Å². The molecule has 1 aromatic rings. The van der Waals surface area contributed by atoms with Gasteiger partial charge >= 0.3 is 0 Å². The Bertz CT molecular complexity index is 358. The lowest BCUT2D eigenvalue weighted by molar-refractivity contribution is 0.00249. The minimum atomic E-state index is -1.20.